The predicted molar refractivity (Wildman–Crippen MR) is 125 cm³/mol. The second kappa shape index (κ2) is 8.73. The Morgan fingerprint density at radius 3 is 2.66 bits per heavy atom. The average molecular weight is 493 g/mol. The van der Waals surface area contributed by atoms with E-state index in [1.807, 2.05) is 20.8 Å². The van der Waals surface area contributed by atoms with Crippen LogP contribution in [0.15, 0.2) is 11.8 Å². The van der Waals surface area contributed by atoms with E-state index in [4.69, 9.17) is 23.7 Å². The number of ether oxygens (including phenoxy) is 5. The molecular formula is C27H40O8. The van der Waals surface area contributed by atoms with Gasteiger partial charge in [-0.25, -0.2) is 0 Å². The minimum Gasteiger partial charge on any atom is -0.472 e. The van der Waals surface area contributed by atoms with E-state index in [1.54, 1.807) is 6.26 Å². The third-order valence-corrected chi connectivity index (χ3v) is 9.62. The number of carbonyl (C=O) groups excluding carboxylic acids is 2. The fourth-order valence-corrected chi connectivity index (χ4v) is 7.80. The lowest BCUT2D eigenvalue weighted by molar-refractivity contribution is -0.212. The Bertz CT molecular complexity index is 900. The van der Waals surface area contributed by atoms with E-state index < -0.39 is 29.3 Å². The zero-order chi connectivity index (χ0) is 25.3. The predicted octanol–water partition coefficient (Wildman–Crippen LogP) is 3.21. The molecule has 196 valence electrons. The highest BCUT2D eigenvalue weighted by Crippen LogP contribution is 2.77. The summed E-state index contributed by atoms with van der Waals surface area (Å²) in [6, 6.07) is 0. The number of fused-ring (bicyclic) bond motifs is 3. The summed E-state index contributed by atoms with van der Waals surface area (Å²) in [5, 5.41) is 11.4. The van der Waals surface area contributed by atoms with Gasteiger partial charge in [-0.15, -0.1) is 0 Å². The number of aliphatic hydroxyl groups is 1. The molecule has 8 nitrogen and oxygen atoms in total. The van der Waals surface area contributed by atoms with E-state index in [-0.39, 0.29) is 47.8 Å². The molecule has 2 aliphatic heterocycles. The van der Waals surface area contributed by atoms with Crippen LogP contribution < -0.4 is 0 Å². The van der Waals surface area contributed by atoms with E-state index in [2.05, 4.69) is 13.8 Å². The molecule has 5 aliphatic rings. The van der Waals surface area contributed by atoms with Crippen LogP contribution in [-0.2, 0) is 33.3 Å². The molecular weight excluding hydrogens is 452 g/mol. The molecule has 8 heteroatoms. The van der Waals surface area contributed by atoms with Gasteiger partial charge < -0.3 is 28.8 Å². The minimum absolute atomic E-state index is 0.0119. The molecule has 0 amide bonds. The Kier molecular flexibility index (Phi) is 6.25. The summed E-state index contributed by atoms with van der Waals surface area (Å²) < 4.78 is 30.1. The smallest absolute Gasteiger partial charge is 0.313 e. The van der Waals surface area contributed by atoms with Crippen molar-refractivity contribution in [3.63, 3.8) is 0 Å². The minimum atomic E-state index is -0.804. The highest BCUT2D eigenvalue weighted by molar-refractivity contribution is 5.82. The van der Waals surface area contributed by atoms with Gasteiger partial charge in [0, 0.05) is 48.2 Å². The molecule has 35 heavy (non-hydrogen) atoms. The van der Waals surface area contributed by atoms with Gasteiger partial charge in [-0.1, -0.05) is 20.8 Å². The lowest BCUT2D eigenvalue weighted by atomic mass is 9.61. The van der Waals surface area contributed by atoms with E-state index in [0.29, 0.717) is 25.6 Å². The van der Waals surface area contributed by atoms with Gasteiger partial charge in [-0.05, 0) is 39.0 Å². The summed E-state index contributed by atoms with van der Waals surface area (Å²) in [6.45, 7) is 12.5. The van der Waals surface area contributed by atoms with Crippen LogP contribution in [0.5, 0.6) is 0 Å². The van der Waals surface area contributed by atoms with Gasteiger partial charge in [0.2, 0.25) is 6.29 Å². The first-order valence-corrected chi connectivity index (χ1v) is 13.2. The molecule has 1 unspecified atom stereocenters. The maximum Gasteiger partial charge on any atom is 0.313 e. The van der Waals surface area contributed by atoms with Crippen molar-refractivity contribution >= 4 is 11.9 Å². The first-order valence-electron chi connectivity index (χ1n) is 13.2. The molecule has 0 aromatic rings. The van der Waals surface area contributed by atoms with E-state index in [9.17, 15) is 14.7 Å². The van der Waals surface area contributed by atoms with E-state index in [0.717, 1.165) is 18.4 Å². The third-order valence-electron chi connectivity index (χ3n) is 9.62. The Balaban J connectivity index is 1.42. The molecule has 2 heterocycles. The molecule has 5 rings (SSSR count). The van der Waals surface area contributed by atoms with Crippen molar-refractivity contribution < 1.29 is 38.4 Å². The third kappa shape index (κ3) is 3.57. The van der Waals surface area contributed by atoms with Gasteiger partial charge in [0.1, 0.15) is 12.2 Å². The topological polar surface area (TPSA) is 101 Å². The molecule has 11 atom stereocenters. The zero-order valence-electron chi connectivity index (χ0n) is 21.7. The van der Waals surface area contributed by atoms with E-state index in [1.165, 1.54) is 6.92 Å². The Labute approximate surface area is 207 Å². The lowest BCUT2D eigenvalue weighted by Crippen LogP contribution is -2.58. The summed E-state index contributed by atoms with van der Waals surface area (Å²) >= 11 is 0. The van der Waals surface area contributed by atoms with Crippen molar-refractivity contribution in [1.82, 2.24) is 0 Å². The second-order valence-corrected chi connectivity index (χ2v) is 12.1. The average Bonchev–Trinajstić information content (AvgIpc) is 3.18. The molecule has 3 aliphatic carbocycles. The molecule has 1 spiro atoms. The van der Waals surface area contributed by atoms with Gasteiger partial charge in [0.15, 0.2) is 6.10 Å². The first kappa shape index (κ1) is 25.0. The Hall–Kier alpha value is -1.64. The molecule has 0 aromatic heterocycles. The van der Waals surface area contributed by atoms with Crippen LogP contribution in [0.2, 0.25) is 0 Å². The summed E-state index contributed by atoms with van der Waals surface area (Å²) in [5.41, 5.74) is -0.256. The van der Waals surface area contributed by atoms with Crippen LogP contribution in [0.4, 0.5) is 0 Å². The molecule has 0 radical (unpaired) electrons. The summed E-state index contributed by atoms with van der Waals surface area (Å²) in [7, 11) is 0. The summed E-state index contributed by atoms with van der Waals surface area (Å²) in [6.07, 6.45) is 1.78. The van der Waals surface area contributed by atoms with Gasteiger partial charge >= 0.3 is 11.9 Å². The number of aliphatic hydroxyl groups excluding tert-OH is 1. The van der Waals surface area contributed by atoms with Gasteiger partial charge in [0.05, 0.1) is 24.4 Å². The second-order valence-electron chi connectivity index (χ2n) is 12.1. The van der Waals surface area contributed by atoms with Gasteiger partial charge in [-0.2, -0.15) is 0 Å². The SMILES string of the molecule is CC(=O)O[C@@H](C)[C@H](C)CO[C@@H]1OC=C2[C@H]3OC(=O)[C@]4(C)[C@@H](C[C@]25C1C[C@@H](O)[C@@H]45)[C@@H]3OCCC(C)C. The number of hydrogen-bond acceptors (Lipinski definition) is 8. The van der Waals surface area contributed by atoms with Gasteiger partial charge in [-0.3, -0.25) is 9.59 Å². The lowest BCUT2D eigenvalue weighted by Gasteiger charge is -2.51. The molecule has 3 bridgehead atoms. The maximum absolute atomic E-state index is 13.4. The van der Waals surface area contributed by atoms with Crippen LogP contribution in [-0.4, -0.2) is 61.0 Å². The Morgan fingerprint density at radius 2 is 1.97 bits per heavy atom. The summed E-state index contributed by atoms with van der Waals surface area (Å²) in [5.74, 6) is -0.389. The van der Waals surface area contributed by atoms with Crippen molar-refractivity contribution in [1.29, 1.82) is 0 Å². The summed E-state index contributed by atoms with van der Waals surface area (Å²) in [4.78, 5) is 24.7. The Morgan fingerprint density at radius 1 is 1.23 bits per heavy atom. The molecule has 1 saturated heterocycles. The van der Waals surface area contributed by atoms with Gasteiger partial charge in [0.25, 0.3) is 0 Å². The van der Waals surface area contributed by atoms with Crippen molar-refractivity contribution in [2.75, 3.05) is 13.2 Å². The molecule has 3 saturated carbocycles. The fraction of sp³-hybridized carbons (Fsp3) is 0.852. The largest absolute Gasteiger partial charge is 0.472 e. The monoisotopic (exact) mass is 492 g/mol. The van der Waals surface area contributed by atoms with Crippen molar-refractivity contribution in [2.24, 2.45) is 40.4 Å². The van der Waals surface area contributed by atoms with Crippen LogP contribution in [0.1, 0.15) is 60.8 Å². The van der Waals surface area contributed by atoms with Crippen LogP contribution in [0.25, 0.3) is 0 Å². The number of rotatable bonds is 9. The molecule has 1 N–H and O–H groups in total. The highest BCUT2D eigenvalue weighted by Gasteiger charge is 2.81. The van der Waals surface area contributed by atoms with E-state index >= 15 is 0 Å². The quantitative estimate of drug-likeness (QED) is 0.490. The number of esters is 2. The molecule has 0 aromatic carbocycles. The normalized spacial score (nSPS) is 44.4. The first-order chi connectivity index (χ1) is 16.5. The number of carbonyl (C=O) groups is 2. The van der Waals surface area contributed by atoms with Crippen molar-refractivity contribution in [3.8, 4) is 0 Å². The maximum atomic E-state index is 13.4. The molecule has 4 fully saturated rings. The van der Waals surface area contributed by atoms with Crippen LogP contribution in [0.3, 0.4) is 0 Å². The number of hydrogen-bond donors (Lipinski definition) is 1. The van der Waals surface area contributed by atoms with Crippen LogP contribution >= 0.6 is 0 Å². The standard InChI is InChI=1S/C27H40O8/c1-13(2)7-8-31-21-18-10-27-17-9-20(29)23(27)26(18,6)25(30)35-22(21)19(27)12-33-24(17)32-11-14(3)15(4)34-16(5)28/h12-15,17-18,20-24,29H,7-11H2,1-6H3/t14-,15+,17?,18+,20-,21+,22-,23+,24-,26-,27+/m1/s1. The van der Waals surface area contributed by atoms with Crippen molar-refractivity contribution in [2.45, 2.75) is 91.5 Å². The van der Waals surface area contributed by atoms with Crippen molar-refractivity contribution in [3.05, 3.63) is 11.8 Å². The van der Waals surface area contributed by atoms with Crippen LogP contribution in [0, 0.1) is 40.4 Å². The fourth-order valence-electron chi connectivity index (χ4n) is 7.80. The highest BCUT2D eigenvalue weighted by atomic mass is 16.7. The zero-order valence-corrected chi connectivity index (χ0v) is 21.7.